The van der Waals surface area contributed by atoms with Crippen molar-refractivity contribution in [1.82, 2.24) is 5.32 Å². The zero-order valence-corrected chi connectivity index (χ0v) is 12.7. The van der Waals surface area contributed by atoms with E-state index in [1.165, 1.54) is 6.07 Å². The van der Waals surface area contributed by atoms with Crippen LogP contribution in [-0.2, 0) is 4.74 Å². The van der Waals surface area contributed by atoms with Gasteiger partial charge in [-0.15, -0.1) is 0 Å². The Morgan fingerprint density at radius 3 is 2.55 bits per heavy atom. The Balaban J connectivity index is 2.18. The summed E-state index contributed by atoms with van der Waals surface area (Å²) in [5, 5.41) is 3.07. The average Bonchev–Trinajstić information content (AvgIpc) is 2.37. The first-order chi connectivity index (χ1) is 9.51. The molecule has 1 N–H and O–H groups in total. The standard InChI is InChI=1S/C16H24FNO2/c1-10-8-13(9-11(2)19-10)20-15-7-5-6-14(17)16(15)12(3)18-4/h5-7,10-13,18H,8-9H2,1-4H3. The Morgan fingerprint density at radius 1 is 1.30 bits per heavy atom. The highest BCUT2D eigenvalue weighted by Crippen LogP contribution is 2.31. The van der Waals surface area contributed by atoms with Crippen molar-refractivity contribution in [2.24, 2.45) is 0 Å². The molecule has 3 atom stereocenters. The van der Waals surface area contributed by atoms with Crippen LogP contribution in [0.4, 0.5) is 4.39 Å². The molecular weight excluding hydrogens is 257 g/mol. The third-order valence-electron chi connectivity index (χ3n) is 3.83. The van der Waals surface area contributed by atoms with E-state index in [4.69, 9.17) is 9.47 Å². The van der Waals surface area contributed by atoms with E-state index in [9.17, 15) is 4.39 Å². The summed E-state index contributed by atoms with van der Waals surface area (Å²) in [6, 6.07) is 4.94. The molecule has 2 rings (SSSR count). The van der Waals surface area contributed by atoms with Gasteiger partial charge in [0.2, 0.25) is 0 Å². The van der Waals surface area contributed by atoms with Crippen molar-refractivity contribution in [3.8, 4) is 5.75 Å². The largest absolute Gasteiger partial charge is 0.490 e. The van der Waals surface area contributed by atoms with Crippen molar-refractivity contribution in [3.05, 3.63) is 29.6 Å². The van der Waals surface area contributed by atoms with E-state index < -0.39 is 0 Å². The highest BCUT2D eigenvalue weighted by molar-refractivity contribution is 5.37. The molecule has 0 aliphatic carbocycles. The molecule has 1 saturated heterocycles. The first kappa shape index (κ1) is 15.3. The molecule has 20 heavy (non-hydrogen) atoms. The first-order valence-corrected chi connectivity index (χ1v) is 7.29. The molecule has 1 fully saturated rings. The highest BCUT2D eigenvalue weighted by atomic mass is 19.1. The highest BCUT2D eigenvalue weighted by Gasteiger charge is 2.27. The summed E-state index contributed by atoms with van der Waals surface area (Å²) in [6.45, 7) is 6.03. The lowest BCUT2D eigenvalue weighted by molar-refractivity contribution is -0.0724. The van der Waals surface area contributed by atoms with Gasteiger partial charge in [-0.1, -0.05) is 6.07 Å². The van der Waals surface area contributed by atoms with Gasteiger partial charge in [0.05, 0.1) is 12.2 Å². The van der Waals surface area contributed by atoms with Crippen LogP contribution in [0.2, 0.25) is 0 Å². The van der Waals surface area contributed by atoms with Crippen LogP contribution in [0.3, 0.4) is 0 Å². The molecule has 112 valence electrons. The van der Waals surface area contributed by atoms with Gasteiger partial charge in [0.1, 0.15) is 17.7 Å². The third-order valence-corrected chi connectivity index (χ3v) is 3.83. The molecule has 1 aromatic rings. The predicted octanol–water partition coefficient (Wildman–Crippen LogP) is 3.44. The van der Waals surface area contributed by atoms with E-state index in [0.29, 0.717) is 11.3 Å². The summed E-state index contributed by atoms with van der Waals surface area (Å²) in [5.41, 5.74) is 0.599. The van der Waals surface area contributed by atoms with Gasteiger partial charge >= 0.3 is 0 Å². The van der Waals surface area contributed by atoms with Crippen molar-refractivity contribution >= 4 is 0 Å². The van der Waals surface area contributed by atoms with Crippen LogP contribution >= 0.6 is 0 Å². The van der Waals surface area contributed by atoms with Gasteiger partial charge < -0.3 is 14.8 Å². The number of hydrogen-bond acceptors (Lipinski definition) is 3. The maximum atomic E-state index is 14.1. The number of ether oxygens (including phenoxy) is 2. The third kappa shape index (κ3) is 3.49. The second-order valence-electron chi connectivity index (χ2n) is 5.63. The average molecular weight is 281 g/mol. The van der Waals surface area contributed by atoms with Crippen LogP contribution in [0.15, 0.2) is 18.2 Å². The minimum atomic E-state index is -0.225. The molecular formula is C16H24FNO2. The summed E-state index contributed by atoms with van der Waals surface area (Å²) >= 11 is 0. The van der Waals surface area contributed by atoms with Gasteiger partial charge in [0.25, 0.3) is 0 Å². The van der Waals surface area contributed by atoms with Crippen LogP contribution in [0.25, 0.3) is 0 Å². The monoisotopic (exact) mass is 281 g/mol. The molecule has 4 heteroatoms. The van der Waals surface area contributed by atoms with E-state index in [-0.39, 0.29) is 30.2 Å². The number of nitrogens with one attached hydrogen (secondary N) is 1. The quantitative estimate of drug-likeness (QED) is 0.917. The van der Waals surface area contributed by atoms with E-state index in [2.05, 4.69) is 19.2 Å². The number of halogens is 1. The van der Waals surface area contributed by atoms with Crippen LogP contribution < -0.4 is 10.1 Å². The number of rotatable bonds is 4. The Labute approximate surface area is 120 Å². The number of benzene rings is 1. The molecule has 0 radical (unpaired) electrons. The maximum Gasteiger partial charge on any atom is 0.131 e. The summed E-state index contributed by atoms with van der Waals surface area (Å²) < 4.78 is 25.8. The zero-order valence-electron chi connectivity index (χ0n) is 12.7. The Bertz CT molecular complexity index is 442. The normalized spacial score (nSPS) is 28.1. The van der Waals surface area contributed by atoms with E-state index in [0.717, 1.165) is 12.8 Å². The molecule has 3 nitrogen and oxygen atoms in total. The van der Waals surface area contributed by atoms with Crippen molar-refractivity contribution in [1.29, 1.82) is 0 Å². The van der Waals surface area contributed by atoms with E-state index in [1.807, 2.05) is 20.0 Å². The van der Waals surface area contributed by atoms with E-state index >= 15 is 0 Å². The van der Waals surface area contributed by atoms with Gasteiger partial charge in [0.15, 0.2) is 0 Å². The van der Waals surface area contributed by atoms with Crippen LogP contribution in [0.5, 0.6) is 5.75 Å². The lowest BCUT2D eigenvalue weighted by Crippen LogP contribution is -2.36. The fourth-order valence-corrected chi connectivity index (χ4v) is 2.80. The van der Waals surface area contributed by atoms with Gasteiger partial charge in [-0.25, -0.2) is 4.39 Å². The summed E-state index contributed by atoms with van der Waals surface area (Å²) in [4.78, 5) is 0. The minimum Gasteiger partial charge on any atom is -0.490 e. The predicted molar refractivity (Wildman–Crippen MR) is 77.5 cm³/mol. The first-order valence-electron chi connectivity index (χ1n) is 7.29. The smallest absolute Gasteiger partial charge is 0.131 e. The molecule has 0 aromatic heterocycles. The molecule has 1 aromatic carbocycles. The summed E-state index contributed by atoms with van der Waals surface area (Å²) in [6.07, 6.45) is 2.13. The molecule has 1 aliphatic heterocycles. The van der Waals surface area contributed by atoms with Gasteiger partial charge in [-0.2, -0.15) is 0 Å². The molecule has 0 bridgehead atoms. The maximum absolute atomic E-state index is 14.1. The van der Waals surface area contributed by atoms with Crippen molar-refractivity contribution in [3.63, 3.8) is 0 Å². The second kappa shape index (κ2) is 6.55. The lowest BCUT2D eigenvalue weighted by Gasteiger charge is -2.33. The van der Waals surface area contributed by atoms with Crippen molar-refractivity contribution in [2.75, 3.05) is 7.05 Å². The minimum absolute atomic E-state index is 0.0818. The zero-order chi connectivity index (χ0) is 14.7. The number of hydrogen-bond donors (Lipinski definition) is 1. The van der Waals surface area contributed by atoms with Crippen LogP contribution in [0, 0.1) is 5.82 Å². The van der Waals surface area contributed by atoms with E-state index in [1.54, 1.807) is 6.07 Å². The molecule has 1 heterocycles. The second-order valence-corrected chi connectivity index (χ2v) is 5.63. The van der Waals surface area contributed by atoms with Crippen LogP contribution in [-0.4, -0.2) is 25.4 Å². The SMILES string of the molecule is CNC(C)c1c(F)cccc1OC1CC(C)OC(C)C1. The topological polar surface area (TPSA) is 30.5 Å². The molecule has 1 aliphatic rings. The fourth-order valence-electron chi connectivity index (χ4n) is 2.80. The molecule has 0 saturated carbocycles. The molecule has 0 spiro atoms. The lowest BCUT2D eigenvalue weighted by atomic mass is 10.0. The van der Waals surface area contributed by atoms with Gasteiger partial charge in [-0.3, -0.25) is 0 Å². The molecule has 3 unspecified atom stereocenters. The van der Waals surface area contributed by atoms with Crippen LogP contribution in [0.1, 0.15) is 45.2 Å². The van der Waals surface area contributed by atoms with Gasteiger partial charge in [-0.05, 0) is 40.0 Å². The van der Waals surface area contributed by atoms with Gasteiger partial charge in [0, 0.05) is 24.4 Å². The fraction of sp³-hybridized carbons (Fsp3) is 0.625. The van der Waals surface area contributed by atoms with Crippen molar-refractivity contribution in [2.45, 2.75) is 58.0 Å². The molecule has 0 amide bonds. The Kier molecular flexibility index (Phi) is 5.00. The van der Waals surface area contributed by atoms with Crippen molar-refractivity contribution < 1.29 is 13.9 Å². The summed E-state index contributed by atoms with van der Waals surface area (Å²) in [7, 11) is 1.82. The Morgan fingerprint density at radius 2 is 1.95 bits per heavy atom. The Hall–Kier alpha value is -1.13. The summed E-state index contributed by atoms with van der Waals surface area (Å²) in [5.74, 6) is 0.413.